The van der Waals surface area contributed by atoms with Crippen molar-refractivity contribution in [2.45, 2.75) is 45.2 Å². The lowest BCUT2D eigenvalue weighted by Crippen LogP contribution is -2.35. The Balaban J connectivity index is 2.02. The van der Waals surface area contributed by atoms with Gasteiger partial charge in [-0.15, -0.1) is 0 Å². The van der Waals surface area contributed by atoms with Crippen molar-refractivity contribution in [1.82, 2.24) is 14.5 Å². The van der Waals surface area contributed by atoms with Gasteiger partial charge in [0.15, 0.2) is 0 Å². The molecule has 0 spiro atoms. The van der Waals surface area contributed by atoms with E-state index in [0.717, 1.165) is 19.0 Å². The van der Waals surface area contributed by atoms with Gasteiger partial charge in [0, 0.05) is 25.8 Å². The average molecular weight is 250 g/mol. The van der Waals surface area contributed by atoms with Crippen LogP contribution in [0.1, 0.15) is 44.3 Å². The van der Waals surface area contributed by atoms with E-state index in [0.29, 0.717) is 12.6 Å². The minimum absolute atomic E-state index is 0.299. The third kappa shape index (κ3) is 2.93. The molecule has 1 heterocycles. The topological polar surface area (TPSA) is 47.1 Å². The van der Waals surface area contributed by atoms with Crippen LogP contribution in [0.4, 0.5) is 0 Å². The van der Waals surface area contributed by atoms with E-state index in [-0.39, 0.29) is 0 Å². The summed E-state index contributed by atoms with van der Waals surface area (Å²) >= 11 is 0. The Morgan fingerprint density at radius 1 is 1.50 bits per heavy atom. The molecule has 1 saturated carbocycles. The third-order valence-corrected chi connectivity index (χ3v) is 4.20. The van der Waals surface area contributed by atoms with Gasteiger partial charge in [0.05, 0.1) is 18.1 Å². The smallest absolute Gasteiger partial charge is 0.0948 e. The summed E-state index contributed by atoms with van der Waals surface area (Å²) < 4.78 is 2.20. The van der Waals surface area contributed by atoms with Crippen LogP contribution in [-0.2, 0) is 6.54 Å². The van der Waals surface area contributed by atoms with Gasteiger partial charge in [-0.3, -0.25) is 4.90 Å². The van der Waals surface area contributed by atoms with Crippen molar-refractivity contribution in [3.63, 3.8) is 0 Å². The zero-order valence-electron chi connectivity index (χ0n) is 11.7. The summed E-state index contributed by atoms with van der Waals surface area (Å²) in [6.45, 7) is 4.94. The van der Waals surface area contributed by atoms with Crippen LogP contribution >= 0.6 is 0 Å². The maximum Gasteiger partial charge on any atom is 0.0948 e. The number of hydrogen-bond donors (Lipinski definition) is 1. The minimum Gasteiger partial charge on any atom is -0.333 e. The fourth-order valence-electron chi connectivity index (χ4n) is 3.13. The molecule has 0 saturated heterocycles. The Labute approximate surface area is 110 Å². The molecule has 18 heavy (non-hydrogen) atoms. The average Bonchev–Trinajstić information content (AvgIpc) is 3.01. The molecule has 4 heteroatoms. The first-order chi connectivity index (χ1) is 8.76. The summed E-state index contributed by atoms with van der Waals surface area (Å²) in [7, 11) is 2.20. The summed E-state index contributed by atoms with van der Waals surface area (Å²) in [5.74, 6) is 0.863. The van der Waals surface area contributed by atoms with Crippen LogP contribution in [0, 0.1) is 5.92 Å². The predicted octanol–water partition coefficient (Wildman–Crippen LogP) is 2.02. The van der Waals surface area contributed by atoms with Crippen molar-refractivity contribution >= 4 is 0 Å². The monoisotopic (exact) mass is 250 g/mol. The minimum atomic E-state index is 0.299. The molecule has 1 aliphatic rings. The molecule has 0 aliphatic heterocycles. The Hall–Kier alpha value is -0.870. The van der Waals surface area contributed by atoms with Gasteiger partial charge in [0.2, 0.25) is 0 Å². The number of likely N-dealkylation sites (N-methyl/N-ethyl adjacent to an activating group) is 1. The van der Waals surface area contributed by atoms with E-state index < -0.39 is 0 Å². The van der Waals surface area contributed by atoms with E-state index in [1.807, 2.05) is 12.5 Å². The van der Waals surface area contributed by atoms with E-state index in [9.17, 15) is 0 Å². The van der Waals surface area contributed by atoms with Crippen molar-refractivity contribution in [3.05, 3.63) is 18.2 Å². The van der Waals surface area contributed by atoms with Gasteiger partial charge in [-0.05, 0) is 32.7 Å². The molecule has 1 aromatic heterocycles. The Bertz CT molecular complexity index is 354. The highest BCUT2D eigenvalue weighted by molar-refractivity contribution is 5.06. The molecule has 102 valence electrons. The van der Waals surface area contributed by atoms with Gasteiger partial charge >= 0.3 is 0 Å². The van der Waals surface area contributed by atoms with Crippen LogP contribution in [0.15, 0.2) is 12.5 Å². The third-order valence-electron chi connectivity index (χ3n) is 4.20. The molecular weight excluding hydrogens is 224 g/mol. The van der Waals surface area contributed by atoms with E-state index in [1.54, 1.807) is 0 Å². The number of imidazole rings is 1. The van der Waals surface area contributed by atoms with E-state index in [4.69, 9.17) is 5.73 Å². The zero-order valence-corrected chi connectivity index (χ0v) is 11.7. The lowest BCUT2D eigenvalue weighted by molar-refractivity contribution is 0.205. The number of hydrogen-bond acceptors (Lipinski definition) is 3. The van der Waals surface area contributed by atoms with Crippen molar-refractivity contribution in [2.75, 3.05) is 20.1 Å². The molecule has 0 aromatic carbocycles. The van der Waals surface area contributed by atoms with E-state index in [2.05, 4.69) is 28.4 Å². The molecular formula is C14H26N4. The fraction of sp³-hybridized carbons (Fsp3) is 0.786. The normalized spacial score (nSPS) is 18.7. The summed E-state index contributed by atoms with van der Waals surface area (Å²) in [6, 6.07) is 0.299. The van der Waals surface area contributed by atoms with Gasteiger partial charge in [-0.2, -0.15) is 0 Å². The van der Waals surface area contributed by atoms with Gasteiger partial charge < -0.3 is 10.3 Å². The van der Waals surface area contributed by atoms with Crippen molar-refractivity contribution in [3.8, 4) is 0 Å². The molecule has 1 fully saturated rings. The van der Waals surface area contributed by atoms with Gasteiger partial charge in [-0.1, -0.05) is 12.8 Å². The van der Waals surface area contributed by atoms with Crippen LogP contribution in [0.3, 0.4) is 0 Å². The van der Waals surface area contributed by atoms with Crippen LogP contribution in [0.2, 0.25) is 0 Å². The quantitative estimate of drug-likeness (QED) is 0.840. The predicted molar refractivity (Wildman–Crippen MR) is 74.3 cm³/mol. The summed E-state index contributed by atoms with van der Waals surface area (Å²) in [5.41, 5.74) is 7.23. The highest BCUT2D eigenvalue weighted by Gasteiger charge is 2.23. The van der Waals surface area contributed by atoms with Gasteiger partial charge in [0.25, 0.3) is 0 Å². The maximum absolute atomic E-state index is 5.98. The van der Waals surface area contributed by atoms with Gasteiger partial charge in [0.1, 0.15) is 0 Å². The second-order valence-electron chi connectivity index (χ2n) is 5.45. The highest BCUT2D eigenvalue weighted by Crippen LogP contribution is 2.28. The number of aryl methyl sites for hydroxylation is 1. The number of rotatable bonds is 6. The Morgan fingerprint density at radius 2 is 2.22 bits per heavy atom. The van der Waals surface area contributed by atoms with E-state index >= 15 is 0 Å². The second kappa shape index (κ2) is 6.34. The number of nitrogens with two attached hydrogens (primary N) is 1. The SMILES string of the molecule is CCn1cncc1C(CN)N(C)CC1CCCC1. The number of nitrogens with zero attached hydrogens (tertiary/aromatic N) is 3. The molecule has 0 bridgehead atoms. The summed E-state index contributed by atoms with van der Waals surface area (Å²) in [6.07, 6.45) is 9.44. The maximum atomic E-state index is 5.98. The van der Waals surface area contributed by atoms with Crippen molar-refractivity contribution in [2.24, 2.45) is 11.7 Å². The molecule has 4 nitrogen and oxygen atoms in total. The molecule has 0 amide bonds. The molecule has 1 aliphatic carbocycles. The lowest BCUT2D eigenvalue weighted by atomic mass is 10.1. The molecule has 1 atom stereocenters. The molecule has 1 aromatic rings. The second-order valence-corrected chi connectivity index (χ2v) is 5.45. The van der Waals surface area contributed by atoms with Crippen LogP contribution in [0.25, 0.3) is 0 Å². The Kier molecular flexibility index (Phi) is 4.78. The van der Waals surface area contributed by atoms with Crippen molar-refractivity contribution < 1.29 is 0 Å². The van der Waals surface area contributed by atoms with Crippen molar-refractivity contribution in [1.29, 1.82) is 0 Å². The van der Waals surface area contributed by atoms with E-state index in [1.165, 1.54) is 31.4 Å². The lowest BCUT2D eigenvalue weighted by Gasteiger charge is -2.29. The largest absolute Gasteiger partial charge is 0.333 e. The van der Waals surface area contributed by atoms with Crippen LogP contribution < -0.4 is 5.73 Å². The fourth-order valence-corrected chi connectivity index (χ4v) is 3.13. The standard InChI is InChI=1S/C14H26N4/c1-3-18-11-16-9-14(18)13(8-15)17(2)10-12-6-4-5-7-12/h9,11-13H,3-8,10,15H2,1-2H3. The molecule has 1 unspecified atom stereocenters. The first-order valence-corrected chi connectivity index (χ1v) is 7.16. The summed E-state index contributed by atoms with van der Waals surface area (Å²) in [4.78, 5) is 6.67. The first-order valence-electron chi connectivity index (χ1n) is 7.16. The van der Waals surface area contributed by atoms with Crippen LogP contribution in [-0.4, -0.2) is 34.6 Å². The highest BCUT2D eigenvalue weighted by atomic mass is 15.2. The molecule has 0 radical (unpaired) electrons. The Morgan fingerprint density at radius 3 is 2.83 bits per heavy atom. The van der Waals surface area contributed by atoms with Crippen LogP contribution in [0.5, 0.6) is 0 Å². The number of aromatic nitrogens is 2. The zero-order chi connectivity index (χ0) is 13.0. The van der Waals surface area contributed by atoms with Gasteiger partial charge in [-0.25, -0.2) is 4.98 Å². The first kappa shape index (κ1) is 13.6. The molecule has 2 rings (SSSR count). The molecule has 2 N–H and O–H groups in total. The summed E-state index contributed by atoms with van der Waals surface area (Å²) in [5, 5.41) is 0.